The quantitative estimate of drug-likeness (QED) is 0.815. The van der Waals surface area contributed by atoms with E-state index in [0.717, 1.165) is 38.5 Å². The monoisotopic (exact) mass is 365 g/mol. The van der Waals surface area contributed by atoms with Gasteiger partial charge in [0.15, 0.2) is 5.82 Å². The van der Waals surface area contributed by atoms with Gasteiger partial charge >= 0.3 is 6.18 Å². The molecule has 0 atom stereocenters. The standard InChI is InChI=1S/C17H18F3N5O/c1-26-14-3-2-11(8-12(14)17(18,19)20)13-9-16(24-15(10-21)23-13)25-6-4-22-5-7-25/h2-3,8-10,21-22H,4-7H2,1H3. The molecule has 0 saturated carbocycles. The van der Waals surface area contributed by atoms with E-state index in [2.05, 4.69) is 15.3 Å². The maximum absolute atomic E-state index is 13.3. The average molecular weight is 365 g/mol. The first-order chi connectivity index (χ1) is 12.4. The Bertz CT molecular complexity index is 803. The van der Waals surface area contributed by atoms with Crippen LogP contribution in [0.3, 0.4) is 0 Å². The van der Waals surface area contributed by atoms with Crippen molar-refractivity contribution in [2.45, 2.75) is 6.18 Å². The van der Waals surface area contributed by atoms with Gasteiger partial charge < -0.3 is 20.4 Å². The predicted octanol–water partition coefficient (Wildman–Crippen LogP) is 2.58. The van der Waals surface area contributed by atoms with Crippen molar-refractivity contribution in [3.8, 4) is 17.0 Å². The first kappa shape index (κ1) is 18.1. The lowest BCUT2D eigenvalue weighted by atomic mass is 10.1. The summed E-state index contributed by atoms with van der Waals surface area (Å²) in [5, 5.41) is 10.7. The van der Waals surface area contributed by atoms with Crippen molar-refractivity contribution in [2.75, 3.05) is 38.2 Å². The van der Waals surface area contributed by atoms with Crippen molar-refractivity contribution in [1.82, 2.24) is 15.3 Å². The Kier molecular flexibility index (Phi) is 5.08. The summed E-state index contributed by atoms with van der Waals surface area (Å²) in [5.41, 5.74) is -0.239. The molecular weight excluding hydrogens is 347 g/mol. The van der Waals surface area contributed by atoms with E-state index in [1.165, 1.54) is 19.2 Å². The average Bonchev–Trinajstić information content (AvgIpc) is 2.67. The lowest BCUT2D eigenvalue weighted by Gasteiger charge is -2.28. The molecular formula is C17H18F3N5O. The molecule has 2 heterocycles. The van der Waals surface area contributed by atoms with Crippen LogP contribution in [0.15, 0.2) is 24.3 Å². The van der Waals surface area contributed by atoms with Crippen LogP contribution in [-0.2, 0) is 6.18 Å². The van der Waals surface area contributed by atoms with E-state index < -0.39 is 11.7 Å². The van der Waals surface area contributed by atoms with Crippen molar-refractivity contribution in [1.29, 1.82) is 5.41 Å². The van der Waals surface area contributed by atoms with Crippen LogP contribution < -0.4 is 15.0 Å². The number of anilines is 1. The maximum atomic E-state index is 13.3. The molecule has 1 saturated heterocycles. The fourth-order valence-electron chi connectivity index (χ4n) is 2.81. The van der Waals surface area contributed by atoms with Gasteiger partial charge in [0.1, 0.15) is 11.6 Å². The van der Waals surface area contributed by atoms with Crippen molar-refractivity contribution in [3.63, 3.8) is 0 Å². The van der Waals surface area contributed by atoms with Crippen LogP contribution in [0.25, 0.3) is 11.3 Å². The predicted molar refractivity (Wildman–Crippen MR) is 92.0 cm³/mol. The molecule has 0 spiro atoms. The summed E-state index contributed by atoms with van der Waals surface area (Å²) >= 11 is 0. The summed E-state index contributed by atoms with van der Waals surface area (Å²) in [7, 11) is 1.20. The summed E-state index contributed by atoms with van der Waals surface area (Å²) in [6.07, 6.45) is -3.55. The zero-order valence-corrected chi connectivity index (χ0v) is 14.1. The molecule has 1 aromatic heterocycles. The van der Waals surface area contributed by atoms with Gasteiger partial charge in [0, 0.05) is 37.8 Å². The minimum Gasteiger partial charge on any atom is -0.496 e. The summed E-state index contributed by atoms with van der Waals surface area (Å²) < 4.78 is 44.7. The molecule has 0 amide bonds. The third-order valence-electron chi connectivity index (χ3n) is 4.10. The van der Waals surface area contributed by atoms with Crippen LogP contribution in [0.4, 0.5) is 19.0 Å². The highest BCUT2D eigenvalue weighted by Gasteiger charge is 2.34. The minimum absolute atomic E-state index is 0.153. The molecule has 2 N–H and O–H groups in total. The highest BCUT2D eigenvalue weighted by molar-refractivity contribution is 5.75. The Labute approximate surface area is 148 Å². The number of benzene rings is 1. The Morgan fingerprint density at radius 2 is 1.92 bits per heavy atom. The zero-order valence-electron chi connectivity index (χ0n) is 14.1. The third kappa shape index (κ3) is 3.77. The van der Waals surface area contributed by atoms with Crippen LogP contribution in [0, 0.1) is 5.41 Å². The molecule has 0 radical (unpaired) electrons. The number of rotatable bonds is 4. The van der Waals surface area contributed by atoms with Gasteiger partial charge in [-0.05, 0) is 18.2 Å². The number of alkyl halides is 3. The number of nitrogens with one attached hydrogen (secondary N) is 2. The Morgan fingerprint density at radius 3 is 2.54 bits per heavy atom. The maximum Gasteiger partial charge on any atom is 0.419 e. The molecule has 9 heteroatoms. The summed E-state index contributed by atoms with van der Waals surface area (Å²) in [5.74, 6) is 0.504. The molecule has 0 bridgehead atoms. The number of nitrogens with zero attached hydrogens (tertiary/aromatic N) is 3. The van der Waals surface area contributed by atoms with Crippen molar-refractivity contribution < 1.29 is 17.9 Å². The largest absolute Gasteiger partial charge is 0.496 e. The smallest absolute Gasteiger partial charge is 0.419 e. The summed E-state index contributed by atoms with van der Waals surface area (Å²) in [4.78, 5) is 10.5. The van der Waals surface area contributed by atoms with Crippen molar-refractivity contribution >= 4 is 12.0 Å². The normalized spacial score (nSPS) is 15.0. The van der Waals surface area contributed by atoms with Gasteiger partial charge in [-0.25, -0.2) is 9.97 Å². The summed E-state index contributed by atoms with van der Waals surface area (Å²) in [6, 6.07) is 5.46. The van der Waals surface area contributed by atoms with E-state index in [9.17, 15) is 13.2 Å². The minimum atomic E-state index is -4.54. The second kappa shape index (κ2) is 7.28. The third-order valence-corrected chi connectivity index (χ3v) is 4.10. The van der Waals surface area contributed by atoms with Crippen LogP contribution in [0.1, 0.15) is 11.4 Å². The molecule has 138 valence electrons. The van der Waals surface area contributed by atoms with Gasteiger partial charge in [0.05, 0.1) is 24.6 Å². The highest BCUT2D eigenvalue weighted by Crippen LogP contribution is 2.38. The Balaban J connectivity index is 2.07. The van der Waals surface area contributed by atoms with Crippen LogP contribution in [0.5, 0.6) is 5.75 Å². The Hall–Kier alpha value is -2.68. The lowest BCUT2D eigenvalue weighted by Crippen LogP contribution is -2.44. The van der Waals surface area contributed by atoms with E-state index in [4.69, 9.17) is 10.1 Å². The van der Waals surface area contributed by atoms with Gasteiger partial charge in [-0.15, -0.1) is 0 Å². The van der Waals surface area contributed by atoms with Crippen molar-refractivity contribution in [3.05, 3.63) is 35.7 Å². The van der Waals surface area contributed by atoms with E-state index >= 15 is 0 Å². The SMILES string of the molecule is COc1ccc(-c2cc(N3CCNCC3)nc(C=N)n2)cc1C(F)(F)F. The zero-order chi connectivity index (χ0) is 18.7. The highest BCUT2D eigenvalue weighted by atomic mass is 19.4. The lowest BCUT2D eigenvalue weighted by molar-refractivity contribution is -0.138. The first-order valence-electron chi connectivity index (χ1n) is 8.03. The molecule has 1 fully saturated rings. The van der Waals surface area contributed by atoms with Gasteiger partial charge in [-0.1, -0.05) is 0 Å². The molecule has 1 aliphatic rings. The van der Waals surface area contributed by atoms with Gasteiger partial charge in [0.2, 0.25) is 0 Å². The van der Waals surface area contributed by atoms with Crippen LogP contribution in [-0.4, -0.2) is 49.5 Å². The number of hydrogen-bond donors (Lipinski definition) is 2. The fraction of sp³-hybridized carbons (Fsp3) is 0.353. The fourth-order valence-corrected chi connectivity index (χ4v) is 2.81. The number of aromatic nitrogens is 2. The number of piperazine rings is 1. The molecule has 6 nitrogen and oxygen atoms in total. The number of ether oxygens (including phenoxy) is 1. The molecule has 1 aliphatic heterocycles. The topological polar surface area (TPSA) is 74.1 Å². The second-order valence-electron chi connectivity index (χ2n) is 5.76. The Morgan fingerprint density at radius 1 is 1.19 bits per heavy atom. The molecule has 26 heavy (non-hydrogen) atoms. The number of hydrogen-bond acceptors (Lipinski definition) is 6. The molecule has 0 unspecified atom stereocenters. The van der Waals surface area contributed by atoms with Gasteiger partial charge in [-0.2, -0.15) is 13.2 Å². The van der Waals surface area contributed by atoms with Crippen molar-refractivity contribution in [2.24, 2.45) is 0 Å². The van der Waals surface area contributed by atoms with Gasteiger partial charge in [0.25, 0.3) is 0 Å². The molecule has 3 rings (SSSR count). The van der Waals surface area contributed by atoms with E-state index in [1.54, 1.807) is 6.07 Å². The van der Waals surface area contributed by atoms with E-state index in [0.29, 0.717) is 17.1 Å². The van der Waals surface area contributed by atoms with Crippen LogP contribution in [0.2, 0.25) is 0 Å². The number of methoxy groups -OCH3 is 1. The summed E-state index contributed by atoms with van der Waals surface area (Å²) in [6.45, 7) is 3.04. The molecule has 2 aromatic rings. The van der Waals surface area contributed by atoms with Gasteiger partial charge in [-0.3, -0.25) is 0 Å². The van der Waals surface area contributed by atoms with Crippen LogP contribution >= 0.6 is 0 Å². The van der Waals surface area contributed by atoms with E-state index in [-0.39, 0.29) is 11.6 Å². The molecule has 1 aromatic carbocycles. The first-order valence-corrected chi connectivity index (χ1v) is 8.03. The van der Waals surface area contributed by atoms with E-state index in [1.807, 2.05) is 4.90 Å². The number of halogens is 3. The second-order valence-corrected chi connectivity index (χ2v) is 5.76. The molecule has 0 aliphatic carbocycles.